The van der Waals surface area contributed by atoms with Gasteiger partial charge in [-0.15, -0.1) is 0 Å². The van der Waals surface area contributed by atoms with Crippen LogP contribution in [0.15, 0.2) is 24.3 Å². The molecule has 1 rings (SSSR count). The van der Waals surface area contributed by atoms with Crippen LogP contribution in [0.25, 0.3) is 6.08 Å². The van der Waals surface area contributed by atoms with Crippen molar-refractivity contribution in [2.75, 3.05) is 14.2 Å². The Morgan fingerprint density at radius 3 is 2.56 bits per heavy atom. The molecule has 0 aliphatic heterocycles. The maximum absolute atomic E-state index is 11.3. The second-order valence-corrected chi connectivity index (χ2v) is 3.69. The number of hydrogen-bond donors (Lipinski definition) is 0. The molecule has 1 aromatic carbocycles. The first-order valence-corrected chi connectivity index (χ1v) is 5.67. The van der Waals surface area contributed by atoms with E-state index in [1.54, 1.807) is 20.1 Å². The van der Waals surface area contributed by atoms with Crippen molar-refractivity contribution < 1.29 is 19.0 Å². The van der Waals surface area contributed by atoms with Gasteiger partial charge in [-0.1, -0.05) is 18.2 Å². The number of esters is 1. The van der Waals surface area contributed by atoms with E-state index < -0.39 is 12.1 Å². The van der Waals surface area contributed by atoms with Crippen LogP contribution in [0.1, 0.15) is 19.4 Å². The molecule has 0 radical (unpaired) electrons. The molecule has 0 N–H and O–H groups in total. The topological polar surface area (TPSA) is 44.8 Å². The van der Waals surface area contributed by atoms with Crippen LogP contribution in [0.4, 0.5) is 0 Å². The van der Waals surface area contributed by atoms with E-state index in [1.165, 1.54) is 7.11 Å². The highest BCUT2D eigenvalue weighted by molar-refractivity contribution is 5.74. The van der Waals surface area contributed by atoms with Gasteiger partial charge in [0.05, 0.1) is 14.2 Å². The summed E-state index contributed by atoms with van der Waals surface area (Å²) in [6.07, 6.45) is 3.22. The number of methoxy groups -OCH3 is 2. The molecule has 1 aromatic rings. The average Bonchev–Trinajstić information content (AvgIpc) is 2.39. The summed E-state index contributed by atoms with van der Waals surface area (Å²) < 4.78 is 15.3. The molecule has 98 valence electrons. The number of hydrogen-bond acceptors (Lipinski definition) is 4. The van der Waals surface area contributed by atoms with Crippen molar-refractivity contribution in [1.29, 1.82) is 0 Å². The smallest absolute Gasteiger partial charge is 0.346 e. The van der Waals surface area contributed by atoms with Crippen LogP contribution in [0.3, 0.4) is 0 Å². The van der Waals surface area contributed by atoms with Crippen LogP contribution < -0.4 is 9.47 Å². The minimum Gasteiger partial charge on any atom is -0.493 e. The molecule has 18 heavy (non-hydrogen) atoms. The summed E-state index contributed by atoms with van der Waals surface area (Å²) in [4.78, 5) is 11.3. The van der Waals surface area contributed by atoms with E-state index in [0.29, 0.717) is 11.5 Å². The van der Waals surface area contributed by atoms with Gasteiger partial charge in [0, 0.05) is 0 Å². The predicted molar refractivity (Wildman–Crippen MR) is 69.8 cm³/mol. The van der Waals surface area contributed by atoms with Gasteiger partial charge in [0.1, 0.15) is 0 Å². The van der Waals surface area contributed by atoms with Crippen LogP contribution in [-0.4, -0.2) is 26.3 Å². The predicted octanol–water partition coefficient (Wildman–Crippen LogP) is 2.67. The van der Waals surface area contributed by atoms with Gasteiger partial charge in [-0.25, -0.2) is 4.79 Å². The quantitative estimate of drug-likeness (QED) is 0.754. The first-order valence-electron chi connectivity index (χ1n) is 5.67. The first-order chi connectivity index (χ1) is 8.62. The van der Waals surface area contributed by atoms with E-state index in [1.807, 2.05) is 31.2 Å². The summed E-state index contributed by atoms with van der Waals surface area (Å²) in [6, 6.07) is 5.51. The van der Waals surface area contributed by atoms with Gasteiger partial charge in [-0.3, -0.25) is 0 Å². The second kappa shape index (κ2) is 6.69. The molecule has 0 aliphatic rings. The van der Waals surface area contributed by atoms with Crippen molar-refractivity contribution in [2.45, 2.75) is 20.0 Å². The number of carbonyl (C=O) groups is 1. The highest BCUT2D eigenvalue weighted by Crippen LogP contribution is 2.29. The Morgan fingerprint density at radius 2 is 2.00 bits per heavy atom. The molecular weight excluding hydrogens is 232 g/mol. The Hall–Kier alpha value is -1.97. The molecule has 0 spiro atoms. The van der Waals surface area contributed by atoms with Gasteiger partial charge < -0.3 is 14.2 Å². The summed E-state index contributed by atoms with van der Waals surface area (Å²) in [7, 11) is 2.89. The average molecular weight is 250 g/mol. The highest BCUT2D eigenvalue weighted by atomic mass is 16.6. The molecule has 0 saturated carbocycles. The number of benzene rings is 1. The molecule has 0 bridgehead atoms. The minimum atomic E-state index is -0.670. The molecule has 0 heterocycles. The lowest BCUT2D eigenvalue weighted by molar-refractivity contribution is -0.147. The lowest BCUT2D eigenvalue weighted by Gasteiger charge is -2.15. The maximum Gasteiger partial charge on any atom is 0.346 e. The van der Waals surface area contributed by atoms with Crippen LogP contribution >= 0.6 is 0 Å². The van der Waals surface area contributed by atoms with E-state index in [2.05, 4.69) is 4.74 Å². The Bertz CT molecular complexity index is 437. The standard InChI is InChI=1S/C14H18O4/c1-5-6-11-7-8-12(13(9-11)16-3)18-10(2)14(15)17-4/h5-10H,1-4H3/b6-5+/t10-/m1/s1. The fraction of sp³-hybridized carbons (Fsp3) is 0.357. The lowest BCUT2D eigenvalue weighted by atomic mass is 10.2. The third kappa shape index (κ3) is 3.52. The van der Waals surface area contributed by atoms with Gasteiger partial charge in [-0.2, -0.15) is 0 Å². The molecule has 0 saturated heterocycles. The van der Waals surface area contributed by atoms with Crippen molar-refractivity contribution in [3.63, 3.8) is 0 Å². The molecule has 0 amide bonds. The fourth-order valence-corrected chi connectivity index (χ4v) is 1.48. The summed E-state index contributed by atoms with van der Waals surface area (Å²) in [6.45, 7) is 3.57. The van der Waals surface area contributed by atoms with Gasteiger partial charge >= 0.3 is 5.97 Å². The zero-order chi connectivity index (χ0) is 13.5. The normalized spacial score (nSPS) is 12.2. The lowest BCUT2D eigenvalue weighted by Crippen LogP contribution is -2.25. The van der Waals surface area contributed by atoms with Gasteiger partial charge in [-0.05, 0) is 31.5 Å². The van der Waals surface area contributed by atoms with Crippen LogP contribution in [0.5, 0.6) is 11.5 Å². The van der Waals surface area contributed by atoms with Crippen molar-refractivity contribution >= 4 is 12.0 Å². The molecule has 0 unspecified atom stereocenters. The van der Waals surface area contributed by atoms with E-state index >= 15 is 0 Å². The fourth-order valence-electron chi connectivity index (χ4n) is 1.48. The molecule has 0 fully saturated rings. The Morgan fingerprint density at radius 1 is 1.28 bits per heavy atom. The monoisotopic (exact) mass is 250 g/mol. The van der Waals surface area contributed by atoms with E-state index in [-0.39, 0.29) is 0 Å². The van der Waals surface area contributed by atoms with Crippen molar-refractivity contribution in [2.24, 2.45) is 0 Å². The van der Waals surface area contributed by atoms with E-state index in [0.717, 1.165) is 5.56 Å². The minimum absolute atomic E-state index is 0.422. The third-order valence-corrected chi connectivity index (χ3v) is 2.38. The second-order valence-electron chi connectivity index (χ2n) is 3.69. The Balaban J connectivity index is 2.92. The van der Waals surface area contributed by atoms with E-state index in [4.69, 9.17) is 9.47 Å². The zero-order valence-corrected chi connectivity index (χ0v) is 11.1. The third-order valence-electron chi connectivity index (χ3n) is 2.38. The number of rotatable bonds is 5. The SMILES string of the molecule is C/C=C/c1ccc(O[C@H](C)C(=O)OC)c(OC)c1. The van der Waals surface area contributed by atoms with Gasteiger partial charge in [0.25, 0.3) is 0 Å². The highest BCUT2D eigenvalue weighted by Gasteiger charge is 2.17. The van der Waals surface area contributed by atoms with Gasteiger partial charge in [0.2, 0.25) is 0 Å². The number of carbonyl (C=O) groups excluding carboxylic acids is 1. The summed E-state index contributed by atoms with van der Waals surface area (Å²) in [5.74, 6) is 0.680. The first kappa shape index (κ1) is 14.1. The molecular formula is C14H18O4. The summed E-state index contributed by atoms with van der Waals surface area (Å²) >= 11 is 0. The maximum atomic E-state index is 11.3. The van der Waals surface area contributed by atoms with Crippen LogP contribution in [-0.2, 0) is 9.53 Å². The van der Waals surface area contributed by atoms with Crippen molar-refractivity contribution in [3.05, 3.63) is 29.8 Å². The van der Waals surface area contributed by atoms with Crippen molar-refractivity contribution in [3.8, 4) is 11.5 Å². The molecule has 4 heteroatoms. The summed E-state index contributed by atoms with van der Waals surface area (Å²) in [5.41, 5.74) is 1.01. The largest absolute Gasteiger partial charge is 0.493 e. The molecule has 4 nitrogen and oxygen atoms in total. The van der Waals surface area contributed by atoms with Crippen molar-refractivity contribution in [1.82, 2.24) is 0 Å². The molecule has 0 aromatic heterocycles. The zero-order valence-electron chi connectivity index (χ0n) is 11.1. The van der Waals surface area contributed by atoms with E-state index in [9.17, 15) is 4.79 Å². The summed E-state index contributed by atoms with van der Waals surface area (Å²) in [5, 5.41) is 0. The molecule has 1 atom stereocenters. The Kier molecular flexibility index (Phi) is 5.24. The number of allylic oxidation sites excluding steroid dienone is 1. The molecule has 0 aliphatic carbocycles. The Labute approximate surface area is 107 Å². The van der Waals surface area contributed by atoms with Gasteiger partial charge in [0.15, 0.2) is 17.6 Å². The number of ether oxygens (including phenoxy) is 3. The van der Waals surface area contributed by atoms with Crippen LogP contribution in [0, 0.1) is 0 Å². The van der Waals surface area contributed by atoms with Crippen LogP contribution in [0.2, 0.25) is 0 Å².